The molecule has 0 saturated carbocycles. The first-order valence-corrected chi connectivity index (χ1v) is 2.89. The number of hydrogen-bond donors (Lipinski definition) is 1. The summed E-state index contributed by atoms with van der Waals surface area (Å²) in [5.74, 6) is -3.25. The second-order valence-electron chi connectivity index (χ2n) is 1.94. The fourth-order valence-electron chi connectivity index (χ4n) is 0.249. The average Bonchev–Trinajstić information content (AvgIpc) is 1.87. The number of aliphatic hydroxyl groups is 1. The van der Waals surface area contributed by atoms with Crippen LogP contribution in [-0.2, 0) is 19.1 Å². The highest BCUT2D eigenvalue weighted by molar-refractivity contribution is 6.34. The molecule has 0 aliphatic rings. The SMILES string of the molecule is CC(=O)C(=O)OC(=O)C(C)O. The third kappa shape index (κ3) is 3.47. The van der Waals surface area contributed by atoms with Crippen LogP contribution in [0.15, 0.2) is 0 Å². The molecule has 1 atom stereocenters. The van der Waals surface area contributed by atoms with E-state index in [0.29, 0.717) is 0 Å². The van der Waals surface area contributed by atoms with Gasteiger partial charge in [-0.3, -0.25) is 4.79 Å². The molecule has 0 saturated heterocycles. The molecule has 0 radical (unpaired) electrons. The zero-order chi connectivity index (χ0) is 9.02. The number of carbonyl (C=O) groups is 3. The predicted molar refractivity (Wildman–Crippen MR) is 33.5 cm³/mol. The Labute approximate surface area is 63.0 Å². The van der Waals surface area contributed by atoms with Crippen molar-refractivity contribution in [3.63, 3.8) is 0 Å². The Morgan fingerprint density at radius 2 is 1.82 bits per heavy atom. The number of ketones is 1. The number of carbonyl (C=O) groups excluding carboxylic acids is 3. The van der Waals surface area contributed by atoms with E-state index >= 15 is 0 Å². The Kier molecular flexibility index (Phi) is 3.39. The van der Waals surface area contributed by atoms with Crippen LogP contribution in [0.4, 0.5) is 0 Å². The molecule has 0 aliphatic carbocycles. The van der Waals surface area contributed by atoms with E-state index in [-0.39, 0.29) is 0 Å². The van der Waals surface area contributed by atoms with E-state index in [2.05, 4.69) is 4.74 Å². The molecule has 0 aromatic carbocycles. The lowest BCUT2D eigenvalue weighted by Crippen LogP contribution is -2.26. The van der Waals surface area contributed by atoms with Crippen LogP contribution in [0.2, 0.25) is 0 Å². The normalized spacial score (nSPS) is 11.9. The topological polar surface area (TPSA) is 80.7 Å². The number of esters is 2. The summed E-state index contributed by atoms with van der Waals surface area (Å²) >= 11 is 0. The largest absolute Gasteiger partial charge is 0.385 e. The Balaban J connectivity index is 3.96. The summed E-state index contributed by atoms with van der Waals surface area (Å²) in [7, 11) is 0. The number of aliphatic hydroxyl groups excluding tert-OH is 1. The highest BCUT2D eigenvalue weighted by Crippen LogP contribution is 1.88. The first kappa shape index (κ1) is 9.77. The van der Waals surface area contributed by atoms with E-state index in [1.54, 1.807) is 0 Å². The van der Waals surface area contributed by atoms with E-state index in [4.69, 9.17) is 5.11 Å². The van der Waals surface area contributed by atoms with Crippen molar-refractivity contribution in [1.29, 1.82) is 0 Å². The molecule has 0 aromatic rings. The first-order chi connectivity index (χ1) is 4.95. The van der Waals surface area contributed by atoms with E-state index in [9.17, 15) is 14.4 Å². The van der Waals surface area contributed by atoms with Crippen molar-refractivity contribution in [3.05, 3.63) is 0 Å². The lowest BCUT2D eigenvalue weighted by atomic mass is 10.4. The van der Waals surface area contributed by atoms with Crippen LogP contribution < -0.4 is 0 Å². The quantitative estimate of drug-likeness (QED) is 0.319. The Bertz CT molecular complexity index is 193. The molecule has 1 N–H and O–H groups in total. The predicted octanol–water partition coefficient (Wildman–Crippen LogP) is -0.974. The molecule has 1 unspecified atom stereocenters. The lowest BCUT2D eigenvalue weighted by molar-refractivity contribution is -0.168. The molecule has 5 nitrogen and oxygen atoms in total. The van der Waals surface area contributed by atoms with Crippen molar-refractivity contribution in [1.82, 2.24) is 0 Å². The van der Waals surface area contributed by atoms with Gasteiger partial charge in [0.15, 0.2) is 0 Å². The highest BCUT2D eigenvalue weighted by Gasteiger charge is 2.18. The third-order valence-electron chi connectivity index (χ3n) is 0.822. The number of ether oxygens (including phenoxy) is 1. The molecule has 5 heteroatoms. The fourth-order valence-corrected chi connectivity index (χ4v) is 0.249. The van der Waals surface area contributed by atoms with Gasteiger partial charge in [-0.05, 0) is 6.92 Å². The van der Waals surface area contributed by atoms with Gasteiger partial charge in [-0.1, -0.05) is 0 Å². The van der Waals surface area contributed by atoms with Crippen LogP contribution >= 0.6 is 0 Å². The smallest absolute Gasteiger partial charge is 0.381 e. The molecule has 11 heavy (non-hydrogen) atoms. The van der Waals surface area contributed by atoms with Gasteiger partial charge >= 0.3 is 11.9 Å². The standard InChI is InChI=1S/C6H8O5/c1-3(7)5(9)11-6(10)4(2)8/h3,7H,1-2H3. The van der Waals surface area contributed by atoms with Crippen LogP contribution in [0.3, 0.4) is 0 Å². The monoisotopic (exact) mass is 160 g/mol. The van der Waals surface area contributed by atoms with Crippen LogP contribution in [0.5, 0.6) is 0 Å². The summed E-state index contributed by atoms with van der Waals surface area (Å²) in [4.78, 5) is 31.0. The van der Waals surface area contributed by atoms with Crippen LogP contribution in [0, 0.1) is 0 Å². The van der Waals surface area contributed by atoms with E-state index in [0.717, 1.165) is 13.8 Å². The first-order valence-electron chi connectivity index (χ1n) is 2.89. The Hall–Kier alpha value is -1.23. The summed E-state index contributed by atoms with van der Waals surface area (Å²) < 4.78 is 3.90. The van der Waals surface area contributed by atoms with E-state index in [1.807, 2.05) is 0 Å². The van der Waals surface area contributed by atoms with Crippen molar-refractivity contribution >= 4 is 17.7 Å². The zero-order valence-corrected chi connectivity index (χ0v) is 6.16. The second kappa shape index (κ2) is 3.82. The van der Waals surface area contributed by atoms with Gasteiger partial charge in [-0.25, -0.2) is 9.59 Å². The summed E-state index contributed by atoms with van der Waals surface area (Å²) in [5, 5.41) is 8.51. The minimum Gasteiger partial charge on any atom is -0.385 e. The molecule has 0 fully saturated rings. The van der Waals surface area contributed by atoms with Crippen LogP contribution in [0.1, 0.15) is 13.8 Å². The molecule has 0 aromatic heterocycles. The summed E-state index contributed by atoms with van der Waals surface area (Å²) in [5.41, 5.74) is 0. The number of hydrogen-bond acceptors (Lipinski definition) is 5. The van der Waals surface area contributed by atoms with Crippen LogP contribution in [-0.4, -0.2) is 28.9 Å². The van der Waals surface area contributed by atoms with Gasteiger partial charge in [-0.2, -0.15) is 0 Å². The summed E-state index contributed by atoms with van der Waals surface area (Å²) in [6, 6.07) is 0. The van der Waals surface area contributed by atoms with Crippen LogP contribution in [0.25, 0.3) is 0 Å². The average molecular weight is 160 g/mol. The van der Waals surface area contributed by atoms with Crippen molar-refractivity contribution < 1.29 is 24.2 Å². The summed E-state index contributed by atoms with van der Waals surface area (Å²) in [6.45, 7) is 2.10. The minimum atomic E-state index is -1.39. The van der Waals surface area contributed by atoms with Gasteiger partial charge in [0.1, 0.15) is 6.10 Å². The van der Waals surface area contributed by atoms with Crippen molar-refractivity contribution in [2.75, 3.05) is 0 Å². The van der Waals surface area contributed by atoms with Gasteiger partial charge in [0.05, 0.1) is 0 Å². The van der Waals surface area contributed by atoms with Gasteiger partial charge in [0.2, 0.25) is 5.78 Å². The molecule has 0 heterocycles. The number of rotatable bonds is 2. The molecule has 0 bridgehead atoms. The fraction of sp³-hybridized carbons (Fsp3) is 0.500. The molecular weight excluding hydrogens is 152 g/mol. The molecular formula is C6H8O5. The maximum Gasteiger partial charge on any atom is 0.381 e. The molecule has 0 spiro atoms. The van der Waals surface area contributed by atoms with E-state index in [1.165, 1.54) is 0 Å². The van der Waals surface area contributed by atoms with Crippen molar-refractivity contribution in [3.8, 4) is 0 Å². The molecule has 0 aliphatic heterocycles. The molecule has 0 rings (SSSR count). The number of Topliss-reactive ketones (excluding diaryl/α,β-unsaturated/α-hetero) is 1. The second-order valence-corrected chi connectivity index (χ2v) is 1.94. The maximum absolute atomic E-state index is 10.4. The van der Waals surface area contributed by atoms with Crippen molar-refractivity contribution in [2.24, 2.45) is 0 Å². The van der Waals surface area contributed by atoms with Gasteiger partial charge < -0.3 is 9.84 Å². The zero-order valence-electron chi connectivity index (χ0n) is 6.16. The highest BCUT2D eigenvalue weighted by atomic mass is 16.6. The van der Waals surface area contributed by atoms with Gasteiger partial charge in [-0.15, -0.1) is 0 Å². The van der Waals surface area contributed by atoms with E-state index < -0.39 is 23.8 Å². The Morgan fingerprint density at radius 1 is 1.36 bits per heavy atom. The summed E-state index contributed by atoms with van der Waals surface area (Å²) in [6.07, 6.45) is -1.39. The third-order valence-corrected chi connectivity index (χ3v) is 0.822. The Morgan fingerprint density at radius 3 is 2.09 bits per heavy atom. The molecule has 0 amide bonds. The lowest BCUT2D eigenvalue weighted by Gasteiger charge is -2.00. The van der Waals surface area contributed by atoms with Gasteiger partial charge in [0.25, 0.3) is 0 Å². The minimum absolute atomic E-state index is 0.876. The van der Waals surface area contributed by atoms with Gasteiger partial charge in [0, 0.05) is 6.92 Å². The maximum atomic E-state index is 10.4. The van der Waals surface area contributed by atoms with Crippen molar-refractivity contribution in [2.45, 2.75) is 20.0 Å². The molecule has 62 valence electrons.